The molecular weight excluding hydrogens is 242 g/mol. The van der Waals surface area contributed by atoms with Gasteiger partial charge in [0.2, 0.25) is 0 Å². The highest BCUT2D eigenvalue weighted by atomic mass is 19.1. The minimum Gasteiger partial charge on any atom is -0.387 e. The zero-order valence-corrected chi connectivity index (χ0v) is 9.67. The van der Waals surface area contributed by atoms with E-state index in [9.17, 15) is 18.7 Å². The van der Waals surface area contributed by atoms with Gasteiger partial charge >= 0.3 is 0 Å². The molecule has 4 nitrogen and oxygen atoms in total. The zero-order chi connectivity index (χ0) is 13.2. The molecule has 1 aliphatic heterocycles. The van der Waals surface area contributed by atoms with Gasteiger partial charge in [0.15, 0.2) is 0 Å². The van der Waals surface area contributed by atoms with Crippen molar-refractivity contribution in [1.29, 1.82) is 0 Å². The average molecular weight is 256 g/mol. The van der Waals surface area contributed by atoms with Gasteiger partial charge in [-0.2, -0.15) is 0 Å². The van der Waals surface area contributed by atoms with Crippen LogP contribution in [0.25, 0.3) is 0 Å². The summed E-state index contributed by atoms with van der Waals surface area (Å²) in [5.74, 6) is -2.68. The number of aliphatic hydroxyl groups is 1. The Hall–Kier alpha value is -1.53. The number of β-amino-alcohol motifs (C(OH)–C–C–N with tert-alkyl or cyclic N) is 1. The van der Waals surface area contributed by atoms with E-state index in [2.05, 4.69) is 10.6 Å². The van der Waals surface area contributed by atoms with Crippen molar-refractivity contribution in [1.82, 2.24) is 10.6 Å². The molecule has 0 radical (unpaired) electrons. The second kappa shape index (κ2) is 4.99. The van der Waals surface area contributed by atoms with Gasteiger partial charge in [-0.3, -0.25) is 4.79 Å². The molecule has 3 N–H and O–H groups in total. The molecule has 0 spiro atoms. The zero-order valence-electron chi connectivity index (χ0n) is 9.67. The summed E-state index contributed by atoms with van der Waals surface area (Å²) in [6.45, 7) is 0.972. The summed E-state index contributed by atoms with van der Waals surface area (Å²) in [6, 6.07) is 3.23. The van der Waals surface area contributed by atoms with Crippen LogP contribution in [0.5, 0.6) is 0 Å². The van der Waals surface area contributed by atoms with E-state index in [0.29, 0.717) is 19.5 Å². The van der Waals surface area contributed by atoms with Crippen LogP contribution in [0.15, 0.2) is 18.2 Å². The summed E-state index contributed by atoms with van der Waals surface area (Å²) in [6.07, 6.45) is 0.493. The normalized spacial score (nSPS) is 23.1. The Kier molecular flexibility index (Phi) is 3.58. The van der Waals surface area contributed by atoms with Crippen molar-refractivity contribution < 1.29 is 18.7 Å². The smallest absolute Gasteiger partial charge is 0.257 e. The minimum absolute atomic E-state index is 0.0351. The van der Waals surface area contributed by atoms with Crippen LogP contribution in [0.2, 0.25) is 0 Å². The summed E-state index contributed by atoms with van der Waals surface area (Å²) in [7, 11) is 0. The maximum absolute atomic E-state index is 13.3. The molecule has 18 heavy (non-hydrogen) atoms. The molecule has 1 aromatic carbocycles. The lowest BCUT2D eigenvalue weighted by Gasteiger charge is -2.21. The third-order valence-electron chi connectivity index (χ3n) is 2.99. The summed E-state index contributed by atoms with van der Waals surface area (Å²) in [5, 5.41) is 15.3. The SMILES string of the molecule is O=C(NCC1(O)CCNC1)c1c(F)cccc1F. The molecule has 0 aliphatic carbocycles. The Labute approximate surface area is 103 Å². The van der Waals surface area contributed by atoms with E-state index in [-0.39, 0.29) is 6.54 Å². The van der Waals surface area contributed by atoms with E-state index in [1.165, 1.54) is 6.07 Å². The van der Waals surface area contributed by atoms with Crippen LogP contribution >= 0.6 is 0 Å². The van der Waals surface area contributed by atoms with Gasteiger partial charge in [-0.15, -0.1) is 0 Å². The van der Waals surface area contributed by atoms with Crippen LogP contribution in [0.4, 0.5) is 8.78 Å². The van der Waals surface area contributed by atoms with Crippen molar-refractivity contribution >= 4 is 5.91 Å². The maximum Gasteiger partial charge on any atom is 0.257 e. The molecule has 1 aromatic rings. The largest absolute Gasteiger partial charge is 0.387 e. The number of rotatable bonds is 3. The van der Waals surface area contributed by atoms with Gasteiger partial charge < -0.3 is 15.7 Å². The molecule has 0 aromatic heterocycles. The van der Waals surface area contributed by atoms with Crippen molar-refractivity contribution in [2.45, 2.75) is 12.0 Å². The second-order valence-electron chi connectivity index (χ2n) is 4.43. The van der Waals surface area contributed by atoms with E-state index in [1.54, 1.807) is 0 Å². The van der Waals surface area contributed by atoms with Gasteiger partial charge in [-0.05, 0) is 25.1 Å². The van der Waals surface area contributed by atoms with Gasteiger partial charge in [0.1, 0.15) is 17.2 Å². The van der Waals surface area contributed by atoms with Crippen molar-refractivity contribution in [3.63, 3.8) is 0 Å². The average Bonchev–Trinajstić information content (AvgIpc) is 2.74. The third kappa shape index (κ3) is 2.65. The van der Waals surface area contributed by atoms with E-state index < -0.39 is 28.7 Å². The van der Waals surface area contributed by atoms with Crippen molar-refractivity contribution in [3.05, 3.63) is 35.4 Å². The number of hydrogen-bond donors (Lipinski definition) is 3. The third-order valence-corrected chi connectivity index (χ3v) is 2.99. The second-order valence-corrected chi connectivity index (χ2v) is 4.43. The highest BCUT2D eigenvalue weighted by molar-refractivity contribution is 5.94. The fourth-order valence-corrected chi connectivity index (χ4v) is 1.93. The number of carbonyl (C=O) groups excluding carboxylic acids is 1. The Balaban J connectivity index is 2.04. The molecule has 0 bridgehead atoms. The molecular formula is C12H14F2N2O2. The lowest BCUT2D eigenvalue weighted by atomic mass is 10.0. The first kappa shape index (κ1) is 12.9. The van der Waals surface area contributed by atoms with Gasteiger partial charge in [0.25, 0.3) is 5.91 Å². The van der Waals surface area contributed by atoms with Crippen LogP contribution in [-0.4, -0.2) is 36.2 Å². The molecule has 1 unspecified atom stereocenters. The van der Waals surface area contributed by atoms with E-state index in [0.717, 1.165) is 12.1 Å². The number of amides is 1. The highest BCUT2D eigenvalue weighted by Gasteiger charge is 2.31. The summed E-state index contributed by atoms with van der Waals surface area (Å²) in [4.78, 5) is 11.7. The molecule has 1 aliphatic rings. The predicted octanol–water partition coefficient (Wildman–Crippen LogP) is 0.419. The Morgan fingerprint density at radius 2 is 2.11 bits per heavy atom. The van der Waals surface area contributed by atoms with E-state index >= 15 is 0 Å². The van der Waals surface area contributed by atoms with Crippen molar-refractivity contribution in [3.8, 4) is 0 Å². The van der Waals surface area contributed by atoms with Crippen LogP contribution in [-0.2, 0) is 0 Å². The molecule has 0 saturated carbocycles. The monoisotopic (exact) mass is 256 g/mol. The van der Waals surface area contributed by atoms with Crippen molar-refractivity contribution in [2.24, 2.45) is 0 Å². The first-order chi connectivity index (χ1) is 8.52. The minimum atomic E-state index is -1.04. The molecule has 1 atom stereocenters. The van der Waals surface area contributed by atoms with Crippen LogP contribution in [0.3, 0.4) is 0 Å². The maximum atomic E-state index is 13.3. The fraction of sp³-hybridized carbons (Fsp3) is 0.417. The highest BCUT2D eigenvalue weighted by Crippen LogP contribution is 2.15. The Morgan fingerprint density at radius 1 is 1.44 bits per heavy atom. The number of carbonyl (C=O) groups is 1. The fourth-order valence-electron chi connectivity index (χ4n) is 1.93. The van der Waals surface area contributed by atoms with Gasteiger partial charge in [-0.25, -0.2) is 8.78 Å². The molecule has 1 heterocycles. The summed E-state index contributed by atoms with van der Waals surface area (Å²) < 4.78 is 26.6. The molecule has 2 rings (SSSR count). The molecule has 1 saturated heterocycles. The topological polar surface area (TPSA) is 61.4 Å². The summed E-state index contributed by atoms with van der Waals surface area (Å²) >= 11 is 0. The number of halogens is 2. The molecule has 6 heteroatoms. The standard InChI is InChI=1S/C12H14F2N2O2/c13-8-2-1-3-9(14)10(8)11(17)16-7-12(18)4-5-15-6-12/h1-3,15,18H,4-7H2,(H,16,17). The van der Waals surface area contributed by atoms with Gasteiger partial charge in [0.05, 0.1) is 5.60 Å². The number of hydrogen-bond acceptors (Lipinski definition) is 3. The van der Waals surface area contributed by atoms with E-state index in [1.807, 2.05) is 0 Å². The molecule has 1 fully saturated rings. The first-order valence-electron chi connectivity index (χ1n) is 5.67. The number of nitrogens with one attached hydrogen (secondary N) is 2. The predicted molar refractivity (Wildman–Crippen MR) is 61.1 cm³/mol. The quantitative estimate of drug-likeness (QED) is 0.734. The lowest BCUT2D eigenvalue weighted by molar-refractivity contribution is 0.0559. The molecule has 98 valence electrons. The Morgan fingerprint density at radius 3 is 2.67 bits per heavy atom. The van der Waals surface area contributed by atoms with E-state index in [4.69, 9.17) is 0 Å². The van der Waals surface area contributed by atoms with Crippen LogP contribution in [0, 0.1) is 11.6 Å². The molecule has 1 amide bonds. The van der Waals surface area contributed by atoms with Crippen molar-refractivity contribution in [2.75, 3.05) is 19.6 Å². The summed E-state index contributed by atoms with van der Waals surface area (Å²) in [5.41, 5.74) is -1.66. The number of benzene rings is 1. The van der Waals surface area contributed by atoms with Crippen LogP contribution in [0.1, 0.15) is 16.8 Å². The van der Waals surface area contributed by atoms with Crippen LogP contribution < -0.4 is 10.6 Å². The lowest BCUT2D eigenvalue weighted by Crippen LogP contribution is -2.44. The first-order valence-corrected chi connectivity index (χ1v) is 5.67. The van der Waals surface area contributed by atoms with Gasteiger partial charge in [0, 0.05) is 13.1 Å². The van der Waals surface area contributed by atoms with Gasteiger partial charge in [-0.1, -0.05) is 6.07 Å². The Bertz CT molecular complexity index is 439.